The van der Waals surface area contributed by atoms with Crippen LogP contribution in [-0.4, -0.2) is 22.2 Å². The van der Waals surface area contributed by atoms with E-state index in [-0.39, 0.29) is 42.4 Å². The third-order valence-electron chi connectivity index (χ3n) is 3.74. The maximum absolute atomic E-state index is 9.55. The van der Waals surface area contributed by atoms with Crippen LogP contribution < -0.4 is 42.4 Å². The summed E-state index contributed by atoms with van der Waals surface area (Å²) in [5, 5.41) is 15.6. The van der Waals surface area contributed by atoms with Crippen LogP contribution in [0, 0.1) is 14.3 Å². The molecule has 0 aliphatic rings. The molecule has 0 bridgehead atoms. The first-order valence-corrected chi connectivity index (χ1v) is 14.5. The Kier molecular flexibility index (Phi) is 13.3. The molecular weight excluding hydrogens is 654 g/mol. The standard InChI is InChI=1S/2C12H10I.C4H4O4/c2*1-3-7-11(8-4-1)13-12-9-5-2-6-10-12;5-3(6)1-2-4(7)8/h2*1-10H;1-2H,(H,5,6)(H,7,8)/q2*-1;/b;;2-1-. The van der Waals surface area contributed by atoms with Gasteiger partial charge in [-0.1, -0.05) is 0 Å². The normalized spacial score (nSPS) is 10.0. The number of benzene rings is 4. The third-order valence-corrected chi connectivity index (χ3v) is 9.11. The van der Waals surface area contributed by atoms with Crippen molar-refractivity contribution >= 4 is 11.9 Å². The van der Waals surface area contributed by atoms with Gasteiger partial charge in [0.05, 0.1) is 0 Å². The molecule has 6 heteroatoms. The third kappa shape index (κ3) is 12.9. The van der Waals surface area contributed by atoms with Crippen LogP contribution in [0.2, 0.25) is 0 Å². The van der Waals surface area contributed by atoms with E-state index in [1.165, 1.54) is 14.3 Å². The van der Waals surface area contributed by atoms with Crippen LogP contribution in [0.5, 0.6) is 0 Å². The summed E-state index contributed by atoms with van der Waals surface area (Å²) >= 11 is 0.0574. The topological polar surface area (TPSA) is 74.6 Å². The van der Waals surface area contributed by atoms with E-state index in [0.717, 1.165) is 0 Å². The second-order valence-electron chi connectivity index (χ2n) is 6.38. The van der Waals surface area contributed by atoms with Gasteiger partial charge in [0, 0.05) is 12.2 Å². The second kappa shape index (κ2) is 16.6. The molecule has 0 saturated heterocycles. The average molecular weight is 678 g/mol. The summed E-state index contributed by atoms with van der Waals surface area (Å²) in [4.78, 5) is 19.1. The van der Waals surface area contributed by atoms with Gasteiger partial charge in [-0.05, 0) is 0 Å². The van der Waals surface area contributed by atoms with Crippen molar-refractivity contribution in [3.05, 3.63) is 148 Å². The zero-order valence-corrected chi connectivity index (χ0v) is 22.5. The Labute approximate surface area is 220 Å². The molecule has 4 nitrogen and oxygen atoms in total. The van der Waals surface area contributed by atoms with E-state index >= 15 is 0 Å². The van der Waals surface area contributed by atoms with Gasteiger partial charge in [0.2, 0.25) is 0 Å². The fourth-order valence-electron chi connectivity index (χ4n) is 2.31. The van der Waals surface area contributed by atoms with Crippen LogP contribution in [-0.2, 0) is 9.59 Å². The summed E-state index contributed by atoms with van der Waals surface area (Å²) in [6.45, 7) is 0. The Morgan fingerprint density at radius 3 is 0.824 bits per heavy atom. The Hall–Kier alpha value is -2.98. The van der Waals surface area contributed by atoms with Crippen LogP contribution in [0.4, 0.5) is 0 Å². The van der Waals surface area contributed by atoms with Gasteiger partial charge in [-0.2, -0.15) is 0 Å². The number of aliphatic carboxylic acids is 2. The fraction of sp³-hybridized carbons (Fsp3) is 0. The molecule has 0 saturated carbocycles. The second-order valence-corrected chi connectivity index (χ2v) is 12.4. The van der Waals surface area contributed by atoms with E-state index in [1.54, 1.807) is 0 Å². The number of carboxylic acid groups (broad SMARTS) is 2. The molecule has 0 aromatic heterocycles. The zero-order chi connectivity index (χ0) is 24.4. The molecule has 4 rings (SSSR count). The number of halogens is 2. The predicted octanol–water partition coefficient (Wildman–Crippen LogP) is -0.658. The van der Waals surface area contributed by atoms with Crippen molar-refractivity contribution in [2.75, 3.05) is 0 Å². The summed E-state index contributed by atoms with van der Waals surface area (Å²) in [6.07, 6.45) is 1.12. The Bertz CT molecular complexity index is 966. The van der Waals surface area contributed by atoms with Crippen LogP contribution in [0.15, 0.2) is 133 Å². The molecular formula is C28H24I2O4-2. The van der Waals surface area contributed by atoms with Crippen LogP contribution in [0.25, 0.3) is 0 Å². The summed E-state index contributed by atoms with van der Waals surface area (Å²) in [5.41, 5.74) is 0. The molecule has 2 N–H and O–H groups in total. The molecule has 176 valence electrons. The van der Waals surface area contributed by atoms with E-state index in [4.69, 9.17) is 10.2 Å². The van der Waals surface area contributed by atoms with Gasteiger partial charge < -0.3 is 10.2 Å². The average Bonchev–Trinajstić information content (AvgIpc) is 2.86. The number of hydrogen-bond donors (Lipinski definition) is 2. The Balaban J connectivity index is 0.000000187. The van der Waals surface area contributed by atoms with Crippen molar-refractivity contribution < 1.29 is 62.2 Å². The number of rotatable bonds is 6. The van der Waals surface area contributed by atoms with Crippen molar-refractivity contribution in [3.63, 3.8) is 0 Å². The molecule has 0 spiro atoms. The molecule has 4 aromatic carbocycles. The molecule has 0 heterocycles. The number of carbonyl (C=O) groups is 2. The molecule has 0 radical (unpaired) electrons. The van der Waals surface area contributed by atoms with Gasteiger partial charge in [0.25, 0.3) is 0 Å². The predicted molar refractivity (Wildman–Crippen MR) is 125 cm³/mol. The zero-order valence-electron chi connectivity index (χ0n) is 18.2. The minimum atomic E-state index is -1.26. The van der Waals surface area contributed by atoms with E-state index in [9.17, 15) is 9.59 Å². The minimum absolute atomic E-state index is 0.0287. The first-order valence-electron chi connectivity index (χ1n) is 10.2. The van der Waals surface area contributed by atoms with Crippen LogP contribution in [0.1, 0.15) is 0 Å². The molecule has 4 aromatic rings. The van der Waals surface area contributed by atoms with Gasteiger partial charge >= 0.3 is 190 Å². The molecule has 0 fully saturated rings. The van der Waals surface area contributed by atoms with Gasteiger partial charge in [-0.25, -0.2) is 9.59 Å². The van der Waals surface area contributed by atoms with Crippen LogP contribution >= 0.6 is 0 Å². The molecule has 0 atom stereocenters. The Morgan fingerprint density at radius 2 is 0.647 bits per heavy atom. The molecule has 34 heavy (non-hydrogen) atoms. The number of hydrogen-bond acceptors (Lipinski definition) is 2. The molecule has 0 amide bonds. The van der Waals surface area contributed by atoms with Crippen molar-refractivity contribution in [1.29, 1.82) is 0 Å². The first-order chi connectivity index (χ1) is 16.5. The van der Waals surface area contributed by atoms with Crippen molar-refractivity contribution in [3.8, 4) is 0 Å². The quantitative estimate of drug-likeness (QED) is 0.210. The first kappa shape index (κ1) is 27.3. The fourth-order valence-corrected chi connectivity index (χ4v) is 6.84. The van der Waals surface area contributed by atoms with E-state index in [0.29, 0.717) is 12.2 Å². The van der Waals surface area contributed by atoms with Crippen molar-refractivity contribution in [2.45, 2.75) is 0 Å². The summed E-state index contributed by atoms with van der Waals surface area (Å²) in [7, 11) is 0. The summed E-state index contributed by atoms with van der Waals surface area (Å²) < 4.78 is 5.92. The maximum atomic E-state index is 9.55. The van der Waals surface area contributed by atoms with Crippen molar-refractivity contribution in [1.82, 2.24) is 0 Å². The van der Waals surface area contributed by atoms with Gasteiger partial charge in [-0.15, -0.1) is 0 Å². The van der Waals surface area contributed by atoms with E-state index in [1.807, 2.05) is 0 Å². The van der Waals surface area contributed by atoms with Crippen molar-refractivity contribution in [2.24, 2.45) is 0 Å². The van der Waals surface area contributed by atoms with Crippen LogP contribution in [0.3, 0.4) is 0 Å². The summed E-state index contributed by atoms with van der Waals surface area (Å²) in [5.74, 6) is -2.51. The van der Waals surface area contributed by atoms with Gasteiger partial charge in [0.15, 0.2) is 0 Å². The SMILES string of the molecule is O=C(O)/C=C\C(=O)O.c1ccc([I-]c2ccccc2)cc1.c1ccc([I-]c2ccccc2)cc1. The molecule has 0 aliphatic heterocycles. The monoisotopic (exact) mass is 678 g/mol. The van der Waals surface area contributed by atoms with Gasteiger partial charge in [0.1, 0.15) is 0 Å². The van der Waals surface area contributed by atoms with E-state index in [2.05, 4.69) is 121 Å². The molecule has 0 unspecified atom stereocenters. The Morgan fingerprint density at radius 1 is 0.441 bits per heavy atom. The summed E-state index contributed by atoms with van der Waals surface area (Å²) in [6, 6.07) is 42.8. The van der Waals surface area contributed by atoms with Gasteiger partial charge in [-0.3, -0.25) is 0 Å². The number of carboxylic acids is 2. The molecule has 0 aliphatic carbocycles. The van der Waals surface area contributed by atoms with E-state index < -0.39 is 11.9 Å².